The minimum atomic E-state index is -3.37. The number of sulfone groups is 1. The Morgan fingerprint density at radius 1 is 1.47 bits per heavy atom. The van der Waals surface area contributed by atoms with Crippen molar-refractivity contribution in [1.82, 2.24) is 0 Å². The Labute approximate surface area is 110 Å². The third-order valence-electron chi connectivity index (χ3n) is 3.44. The van der Waals surface area contributed by atoms with Crippen molar-refractivity contribution < 1.29 is 32.2 Å². The SMILES string of the molecule is CCOC(=O)C(CCF)(C(=O)O)C1CCS(=O)(=O)C1. The summed E-state index contributed by atoms with van der Waals surface area (Å²) in [7, 11) is -3.37. The summed E-state index contributed by atoms with van der Waals surface area (Å²) in [6.45, 7) is 0.437. The van der Waals surface area contributed by atoms with Crippen LogP contribution in [0.3, 0.4) is 0 Å². The molecule has 0 amide bonds. The van der Waals surface area contributed by atoms with Gasteiger partial charge in [0.2, 0.25) is 0 Å². The van der Waals surface area contributed by atoms with Gasteiger partial charge in [0.05, 0.1) is 24.8 Å². The summed E-state index contributed by atoms with van der Waals surface area (Å²) in [5.74, 6) is -4.12. The lowest BCUT2D eigenvalue weighted by atomic mass is 9.72. The van der Waals surface area contributed by atoms with E-state index in [0.29, 0.717) is 0 Å². The van der Waals surface area contributed by atoms with E-state index < -0.39 is 52.0 Å². The summed E-state index contributed by atoms with van der Waals surface area (Å²) in [5, 5.41) is 9.32. The molecule has 0 aromatic rings. The molecule has 1 saturated heterocycles. The zero-order valence-corrected chi connectivity index (χ0v) is 11.4. The number of ether oxygens (including phenoxy) is 1. The molecule has 1 fully saturated rings. The van der Waals surface area contributed by atoms with Crippen molar-refractivity contribution in [1.29, 1.82) is 0 Å². The Kier molecular flexibility index (Phi) is 4.89. The zero-order chi connectivity index (χ0) is 14.7. The molecule has 19 heavy (non-hydrogen) atoms. The predicted octanol–water partition coefficient (Wildman–Crippen LogP) is 0.415. The summed E-state index contributed by atoms with van der Waals surface area (Å²) in [5.41, 5.74) is -2.10. The smallest absolute Gasteiger partial charge is 0.323 e. The minimum Gasteiger partial charge on any atom is -0.480 e. The number of alkyl halides is 1. The molecular weight excluding hydrogens is 279 g/mol. The Bertz CT molecular complexity index is 460. The molecule has 0 bridgehead atoms. The summed E-state index contributed by atoms with van der Waals surface area (Å²) < 4.78 is 40.3. The number of hydrogen-bond acceptors (Lipinski definition) is 5. The highest BCUT2D eigenvalue weighted by atomic mass is 32.2. The minimum absolute atomic E-state index is 0.0352. The summed E-state index contributed by atoms with van der Waals surface area (Å²) >= 11 is 0. The molecule has 0 aromatic carbocycles. The molecule has 2 unspecified atom stereocenters. The molecule has 6 nitrogen and oxygen atoms in total. The van der Waals surface area contributed by atoms with Crippen molar-refractivity contribution in [3.63, 3.8) is 0 Å². The van der Waals surface area contributed by atoms with Crippen molar-refractivity contribution >= 4 is 21.8 Å². The van der Waals surface area contributed by atoms with E-state index in [1.807, 2.05) is 0 Å². The van der Waals surface area contributed by atoms with Crippen LogP contribution in [-0.2, 0) is 24.2 Å². The molecule has 1 aliphatic rings. The van der Waals surface area contributed by atoms with Gasteiger partial charge in [0.15, 0.2) is 15.3 Å². The second-order valence-electron chi connectivity index (χ2n) is 4.54. The number of aliphatic carboxylic acids is 1. The molecule has 8 heteroatoms. The van der Waals surface area contributed by atoms with Crippen LogP contribution in [0.25, 0.3) is 0 Å². The molecule has 1 N–H and O–H groups in total. The monoisotopic (exact) mass is 296 g/mol. The molecule has 0 aliphatic carbocycles. The van der Waals surface area contributed by atoms with E-state index in [1.165, 1.54) is 6.92 Å². The lowest BCUT2D eigenvalue weighted by molar-refractivity contribution is -0.173. The van der Waals surface area contributed by atoms with Crippen LogP contribution in [0.4, 0.5) is 4.39 Å². The maximum absolute atomic E-state index is 12.7. The molecule has 0 radical (unpaired) electrons. The van der Waals surface area contributed by atoms with Gasteiger partial charge in [-0.05, 0) is 13.3 Å². The van der Waals surface area contributed by atoms with Gasteiger partial charge in [-0.1, -0.05) is 0 Å². The van der Waals surface area contributed by atoms with E-state index in [-0.39, 0.29) is 18.8 Å². The lowest BCUT2D eigenvalue weighted by Crippen LogP contribution is -2.48. The van der Waals surface area contributed by atoms with E-state index in [9.17, 15) is 27.5 Å². The van der Waals surface area contributed by atoms with Crippen molar-refractivity contribution in [3.8, 4) is 0 Å². The number of carbonyl (C=O) groups excluding carboxylic acids is 1. The third-order valence-corrected chi connectivity index (χ3v) is 5.21. The van der Waals surface area contributed by atoms with Gasteiger partial charge in [-0.3, -0.25) is 14.0 Å². The lowest BCUT2D eigenvalue weighted by Gasteiger charge is -2.31. The first kappa shape index (κ1) is 15.9. The second kappa shape index (κ2) is 5.85. The average Bonchev–Trinajstić information content (AvgIpc) is 2.66. The van der Waals surface area contributed by atoms with Gasteiger partial charge in [-0.25, -0.2) is 8.42 Å². The highest BCUT2D eigenvalue weighted by Crippen LogP contribution is 2.40. The van der Waals surface area contributed by atoms with Crippen LogP contribution in [-0.4, -0.2) is 50.3 Å². The van der Waals surface area contributed by atoms with Gasteiger partial charge < -0.3 is 9.84 Å². The number of carboxylic acid groups (broad SMARTS) is 1. The molecule has 1 aliphatic heterocycles. The van der Waals surface area contributed by atoms with Crippen LogP contribution < -0.4 is 0 Å². The van der Waals surface area contributed by atoms with E-state index in [1.54, 1.807) is 0 Å². The van der Waals surface area contributed by atoms with Crippen LogP contribution in [0.15, 0.2) is 0 Å². The molecular formula is C11H17FO6S. The van der Waals surface area contributed by atoms with Crippen molar-refractivity contribution in [3.05, 3.63) is 0 Å². The highest BCUT2D eigenvalue weighted by molar-refractivity contribution is 7.91. The summed E-state index contributed by atoms with van der Waals surface area (Å²) in [6.07, 6.45) is -0.533. The molecule has 2 atom stereocenters. The van der Waals surface area contributed by atoms with Crippen LogP contribution in [0.5, 0.6) is 0 Å². The molecule has 110 valence electrons. The van der Waals surface area contributed by atoms with Crippen LogP contribution in [0, 0.1) is 11.3 Å². The first-order valence-corrected chi connectivity index (χ1v) is 7.79. The van der Waals surface area contributed by atoms with Crippen molar-refractivity contribution in [2.24, 2.45) is 11.3 Å². The number of carboxylic acids is 1. The van der Waals surface area contributed by atoms with Gasteiger partial charge in [0.1, 0.15) is 0 Å². The van der Waals surface area contributed by atoms with E-state index >= 15 is 0 Å². The van der Waals surface area contributed by atoms with Crippen LogP contribution in [0.2, 0.25) is 0 Å². The first-order chi connectivity index (χ1) is 8.80. The molecule has 0 saturated carbocycles. The Morgan fingerprint density at radius 3 is 2.47 bits per heavy atom. The average molecular weight is 296 g/mol. The first-order valence-electron chi connectivity index (χ1n) is 5.97. The predicted molar refractivity (Wildman–Crippen MR) is 64.1 cm³/mol. The Hall–Kier alpha value is -1.18. The Morgan fingerprint density at radius 2 is 2.11 bits per heavy atom. The largest absolute Gasteiger partial charge is 0.480 e. The van der Waals surface area contributed by atoms with Crippen molar-refractivity contribution in [2.45, 2.75) is 19.8 Å². The fraction of sp³-hybridized carbons (Fsp3) is 0.818. The highest BCUT2D eigenvalue weighted by Gasteiger charge is 2.56. The number of rotatable bonds is 6. The maximum Gasteiger partial charge on any atom is 0.323 e. The number of esters is 1. The third kappa shape index (κ3) is 3.05. The van der Waals surface area contributed by atoms with Gasteiger partial charge in [-0.15, -0.1) is 0 Å². The van der Waals surface area contributed by atoms with Gasteiger partial charge in [0.25, 0.3) is 0 Å². The summed E-state index contributed by atoms with van der Waals surface area (Å²) in [4.78, 5) is 23.4. The van der Waals surface area contributed by atoms with E-state index in [4.69, 9.17) is 4.74 Å². The fourth-order valence-electron chi connectivity index (χ4n) is 2.43. The van der Waals surface area contributed by atoms with Crippen molar-refractivity contribution in [2.75, 3.05) is 24.8 Å². The summed E-state index contributed by atoms with van der Waals surface area (Å²) in [6, 6.07) is 0. The molecule has 0 spiro atoms. The number of halogens is 1. The topological polar surface area (TPSA) is 97.7 Å². The second-order valence-corrected chi connectivity index (χ2v) is 6.76. The Balaban J connectivity index is 3.17. The van der Waals surface area contributed by atoms with Gasteiger partial charge in [-0.2, -0.15) is 0 Å². The fourth-order valence-corrected chi connectivity index (χ4v) is 4.31. The van der Waals surface area contributed by atoms with Gasteiger partial charge >= 0.3 is 11.9 Å². The van der Waals surface area contributed by atoms with E-state index in [0.717, 1.165) is 0 Å². The van der Waals surface area contributed by atoms with Crippen LogP contribution >= 0.6 is 0 Å². The normalized spacial score (nSPS) is 24.6. The molecule has 1 rings (SSSR count). The van der Waals surface area contributed by atoms with E-state index in [2.05, 4.69) is 0 Å². The van der Waals surface area contributed by atoms with Crippen LogP contribution in [0.1, 0.15) is 19.8 Å². The standard InChI is InChI=1S/C11H17FO6S/c1-2-18-10(15)11(4-5-12,9(13)14)8-3-6-19(16,17)7-8/h8H,2-7H2,1H3,(H,13,14). The number of hydrogen-bond donors (Lipinski definition) is 1. The zero-order valence-electron chi connectivity index (χ0n) is 10.6. The molecule has 1 heterocycles. The molecule has 0 aromatic heterocycles. The van der Waals surface area contributed by atoms with Gasteiger partial charge in [0, 0.05) is 12.3 Å². The maximum atomic E-state index is 12.7. The number of carbonyl (C=O) groups is 2. The quantitative estimate of drug-likeness (QED) is 0.563.